The van der Waals surface area contributed by atoms with Crippen molar-refractivity contribution in [2.24, 2.45) is 5.92 Å². The highest BCUT2D eigenvalue weighted by Crippen LogP contribution is 2.21. The van der Waals surface area contributed by atoms with Crippen LogP contribution in [0.15, 0.2) is 30.3 Å². The van der Waals surface area contributed by atoms with Crippen LogP contribution in [0, 0.1) is 5.92 Å². The molecule has 1 aromatic carbocycles. The van der Waals surface area contributed by atoms with Crippen LogP contribution in [-0.2, 0) is 4.79 Å². The Labute approximate surface area is 143 Å². The van der Waals surface area contributed by atoms with E-state index >= 15 is 0 Å². The van der Waals surface area contributed by atoms with Gasteiger partial charge in [0.2, 0.25) is 5.91 Å². The van der Waals surface area contributed by atoms with Gasteiger partial charge in [-0.2, -0.15) is 0 Å². The number of rotatable bonds is 7. The van der Waals surface area contributed by atoms with Crippen LogP contribution in [0.25, 0.3) is 0 Å². The molecule has 0 aliphatic carbocycles. The van der Waals surface area contributed by atoms with Crippen molar-refractivity contribution in [3.63, 3.8) is 0 Å². The van der Waals surface area contributed by atoms with Crippen LogP contribution in [0.3, 0.4) is 0 Å². The Balaban J connectivity index is 2.48. The fourth-order valence-corrected chi connectivity index (χ4v) is 2.45. The van der Waals surface area contributed by atoms with Crippen LogP contribution in [0.1, 0.15) is 46.5 Å². The first-order valence-corrected chi connectivity index (χ1v) is 8.37. The SMILES string of the molecule is CCCC[C@@H](CC(C)(C)O)C(=O)NNC(=S)Nc1ccccc1. The molecule has 1 aromatic rings. The van der Waals surface area contributed by atoms with Gasteiger partial charge in [0.25, 0.3) is 0 Å². The molecule has 128 valence electrons. The molecule has 0 heterocycles. The third-order valence-corrected chi connectivity index (χ3v) is 3.56. The lowest BCUT2D eigenvalue weighted by atomic mass is 9.89. The van der Waals surface area contributed by atoms with Crippen LogP contribution in [0.4, 0.5) is 5.69 Å². The maximum Gasteiger partial charge on any atom is 0.241 e. The molecule has 6 heteroatoms. The maximum absolute atomic E-state index is 12.3. The number of anilines is 1. The molecule has 0 spiro atoms. The predicted octanol–water partition coefficient (Wildman–Crippen LogP) is 2.97. The average molecular weight is 337 g/mol. The number of carbonyl (C=O) groups excluding carboxylic acids is 1. The molecular weight excluding hydrogens is 310 g/mol. The second kappa shape index (κ2) is 9.47. The predicted molar refractivity (Wildman–Crippen MR) is 97.9 cm³/mol. The van der Waals surface area contributed by atoms with Crippen LogP contribution >= 0.6 is 12.2 Å². The van der Waals surface area contributed by atoms with E-state index in [9.17, 15) is 9.90 Å². The molecule has 0 fully saturated rings. The Bertz CT molecular complexity index is 500. The molecule has 0 saturated carbocycles. The summed E-state index contributed by atoms with van der Waals surface area (Å²) >= 11 is 5.15. The molecule has 0 radical (unpaired) electrons. The van der Waals surface area contributed by atoms with Crippen molar-refractivity contribution < 1.29 is 9.90 Å². The third-order valence-electron chi connectivity index (χ3n) is 3.35. The molecule has 1 rings (SSSR count). The monoisotopic (exact) mass is 337 g/mol. The Kier molecular flexibility index (Phi) is 7.98. The first-order valence-electron chi connectivity index (χ1n) is 7.96. The largest absolute Gasteiger partial charge is 0.390 e. The molecule has 1 amide bonds. The second-order valence-electron chi connectivity index (χ2n) is 6.29. The van der Waals surface area contributed by atoms with E-state index in [1.165, 1.54) is 0 Å². The van der Waals surface area contributed by atoms with E-state index in [-0.39, 0.29) is 11.8 Å². The van der Waals surface area contributed by atoms with E-state index in [4.69, 9.17) is 12.2 Å². The molecule has 0 saturated heterocycles. The Morgan fingerprint density at radius 2 is 1.91 bits per heavy atom. The van der Waals surface area contributed by atoms with Gasteiger partial charge in [-0.1, -0.05) is 38.0 Å². The molecule has 5 nitrogen and oxygen atoms in total. The van der Waals surface area contributed by atoms with Crippen LogP contribution in [0.5, 0.6) is 0 Å². The summed E-state index contributed by atoms with van der Waals surface area (Å²) in [4.78, 5) is 12.3. The topological polar surface area (TPSA) is 73.4 Å². The van der Waals surface area contributed by atoms with E-state index in [1.807, 2.05) is 30.3 Å². The molecule has 23 heavy (non-hydrogen) atoms. The van der Waals surface area contributed by atoms with Gasteiger partial charge < -0.3 is 10.4 Å². The molecule has 0 aliphatic heterocycles. The number of nitrogens with one attached hydrogen (secondary N) is 3. The highest BCUT2D eigenvalue weighted by Gasteiger charge is 2.25. The standard InChI is InChI=1S/C17H27N3O2S/c1-4-5-9-13(12-17(2,3)22)15(21)19-20-16(23)18-14-10-7-6-8-11-14/h6-8,10-11,13,22H,4-5,9,12H2,1-3H3,(H,19,21)(H2,18,20,23)/t13-/m0/s1. The molecule has 0 aromatic heterocycles. The number of thiocarbonyl (C=S) groups is 1. The van der Waals surface area contributed by atoms with Crippen molar-refractivity contribution in [2.75, 3.05) is 5.32 Å². The smallest absolute Gasteiger partial charge is 0.241 e. The van der Waals surface area contributed by atoms with Gasteiger partial charge in [-0.3, -0.25) is 15.6 Å². The van der Waals surface area contributed by atoms with E-state index in [1.54, 1.807) is 13.8 Å². The van der Waals surface area contributed by atoms with Crippen LogP contribution in [0.2, 0.25) is 0 Å². The number of amides is 1. The lowest BCUT2D eigenvalue weighted by molar-refractivity contribution is -0.127. The van der Waals surface area contributed by atoms with Gasteiger partial charge in [-0.25, -0.2) is 0 Å². The third kappa shape index (κ3) is 8.52. The average Bonchev–Trinajstić information content (AvgIpc) is 2.49. The minimum absolute atomic E-state index is 0.155. The van der Waals surface area contributed by atoms with Crippen molar-refractivity contribution in [1.29, 1.82) is 0 Å². The molecule has 0 aliphatic rings. The first-order chi connectivity index (χ1) is 10.8. The zero-order valence-electron chi connectivity index (χ0n) is 14.1. The van der Waals surface area contributed by atoms with Crippen molar-refractivity contribution in [1.82, 2.24) is 10.9 Å². The maximum atomic E-state index is 12.3. The zero-order chi connectivity index (χ0) is 17.3. The number of carbonyl (C=O) groups is 1. The Morgan fingerprint density at radius 1 is 1.26 bits per heavy atom. The summed E-state index contributed by atoms with van der Waals surface area (Å²) in [6.07, 6.45) is 3.12. The molecular formula is C17H27N3O2S. The lowest BCUT2D eigenvalue weighted by Crippen LogP contribution is -2.47. The number of unbranched alkanes of at least 4 members (excludes halogenated alkanes) is 1. The van der Waals surface area contributed by atoms with E-state index in [2.05, 4.69) is 23.1 Å². The minimum atomic E-state index is -0.876. The van der Waals surface area contributed by atoms with Gasteiger partial charge in [-0.05, 0) is 51.0 Å². The number of benzene rings is 1. The number of hydrogen-bond acceptors (Lipinski definition) is 3. The summed E-state index contributed by atoms with van der Waals surface area (Å²) in [6, 6.07) is 9.47. The fourth-order valence-electron chi connectivity index (χ4n) is 2.28. The molecule has 1 atom stereocenters. The van der Waals surface area contributed by atoms with Crippen molar-refractivity contribution in [3.8, 4) is 0 Å². The zero-order valence-corrected chi connectivity index (χ0v) is 14.9. The summed E-state index contributed by atoms with van der Waals surface area (Å²) in [5.41, 5.74) is 5.31. The number of para-hydroxylation sites is 1. The minimum Gasteiger partial charge on any atom is -0.390 e. The van der Waals surface area contributed by atoms with Crippen LogP contribution in [-0.4, -0.2) is 21.7 Å². The van der Waals surface area contributed by atoms with Gasteiger partial charge >= 0.3 is 0 Å². The van der Waals surface area contributed by atoms with Gasteiger partial charge in [0, 0.05) is 11.6 Å². The highest BCUT2D eigenvalue weighted by atomic mass is 32.1. The van der Waals surface area contributed by atoms with Crippen molar-refractivity contribution in [3.05, 3.63) is 30.3 Å². The summed E-state index contributed by atoms with van der Waals surface area (Å²) < 4.78 is 0. The van der Waals surface area contributed by atoms with Crippen molar-refractivity contribution in [2.45, 2.75) is 52.1 Å². The summed E-state index contributed by atoms with van der Waals surface area (Å²) in [6.45, 7) is 5.51. The van der Waals surface area contributed by atoms with E-state index in [0.717, 1.165) is 24.9 Å². The summed E-state index contributed by atoms with van der Waals surface area (Å²) in [5, 5.41) is 13.3. The van der Waals surface area contributed by atoms with Gasteiger partial charge in [0.05, 0.1) is 5.60 Å². The first kappa shape index (κ1) is 19.4. The van der Waals surface area contributed by atoms with Gasteiger partial charge in [0.1, 0.15) is 0 Å². The number of hydrazine groups is 1. The highest BCUT2D eigenvalue weighted by molar-refractivity contribution is 7.80. The fraction of sp³-hybridized carbons (Fsp3) is 0.529. The molecule has 4 N–H and O–H groups in total. The normalized spacial score (nSPS) is 12.3. The lowest BCUT2D eigenvalue weighted by Gasteiger charge is -2.24. The Morgan fingerprint density at radius 3 is 2.48 bits per heavy atom. The van der Waals surface area contributed by atoms with E-state index in [0.29, 0.717) is 11.5 Å². The summed E-state index contributed by atoms with van der Waals surface area (Å²) in [7, 11) is 0. The van der Waals surface area contributed by atoms with Crippen LogP contribution < -0.4 is 16.2 Å². The summed E-state index contributed by atoms with van der Waals surface area (Å²) in [5.74, 6) is -0.403. The van der Waals surface area contributed by atoms with Crippen molar-refractivity contribution >= 4 is 28.9 Å². The number of hydrogen-bond donors (Lipinski definition) is 4. The van der Waals surface area contributed by atoms with E-state index < -0.39 is 5.60 Å². The molecule has 0 bridgehead atoms. The van der Waals surface area contributed by atoms with Gasteiger partial charge in [-0.15, -0.1) is 0 Å². The number of aliphatic hydroxyl groups is 1. The quantitative estimate of drug-likeness (QED) is 0.455. The Hall–Kier alpha value is -1.66. The van der Waals surface area contributed by atoms with Gasteiger partial charge in [0.15, 0.2) is 5.11 Å². The second-order valence-corrected chi connectivity index (χ2v) is 6.70. The molecule has 0 unspecified atom stereocenters.